The molecule has 0 atom stereocenters. The summed E-state index contributed by atoms with van der Waals surface area (Å²) in [5.74, 6) is 1.64. The minimum atomic E-state index is 0.552. The average molecular weight is 361 g/mol. The molecule has 2 heterocycles. The molecular formula is C24H15N3O. The van der Waals surface area contributed by atoms with Crippen LogP contribution in [0.3, 0.4) is 0 Å². The lowest BCUT2D eigenvalue weighted by Crippen LogP contribution is -2.15. The van der Waals surface area contributed by atoms with Crippen LogP contribution >= 0.6 is 0 Å². The second-order valence-corrected chi connectivity index (χ2v) is 6.47. The van der Waals surface area contributed by atoms with Crippen LogP contribution in [0.4, 0.5) is 17.1 Å². The number of hydrogen-bond acceptors (Lipinski definition) is 4. The highest BCUT2D eigenvalue weighted by atomic mass is 16.5. The number of para-hydroxylation sites is 4. The molecule has 0 saturated heterocycles. The molecule has 28 heavy (non-hydrogen) atoms. The van der Waals surface area contributed by atoms with E-state index in [0.29, 0.717) is 5.56 Å². The van der Waals surface area contributed by atoms with E-state index in [1.54, 1.807) is 12.3 Å². The molecule has 1 aromatic heterocycles. The Morgan fingerprint density at radius 2 is 1.50 bits per heavy atom. The van der Waals surface area contributed by atoms with E-state index in [9.17, 15) is 0 Å². The molecular weight excluding hydrogens is 346 g/mol. The van der Waals surface area contributed by atoms with Crippen molar-refractivity contribution in [2.24, 2.45) is 0 Å². The molecule has 3 aromatic carbocycles. The van der Waals surface area contributed by atoms with E-state index in [1.807, 2.05) is 54.6 Å². The second kappa shape index (κ2) is 6.57. The van der Waals surface area contributed by atoms with Gasteiger partial charge in [0.25, 0.3) is 0 Å². The van der Waals surface area contributed by atoms with E-state index in [-0.39, 0.29) is 0 Å². The Morgan fingerprint density at radius 1 is 0.786 bits per heavy atom. The van der Waals surface area contributed by atoms with Crippen LogP contribution in [0.1, 0.15) is 5.56 Å². The zero-order valence-corrected chi connectivity index (χ0v) is 14.9. The van der Waals surface area contributed by atoms with E-state index in [4.69, 9.17) is 10.00 Å². The highest BCUT2D eigenvalue weighted by Gasteiger charge is 2.25. The monoisotopic (exact) mass is 361 g/mol. The van der Waals surface area contributed by atoms with Gasteiger partial charge in [-0.05, 0) is 48.5 Å². The number of fused-ring (bicyclic) bond motifs is 2. The molecule has 4 nitrogen and oxygen atoms in total. The van der Waals surface area contributed by atoms with Gasteiger partial charge in [-0.25, -0.2) is 0 Å². The molecule has 0 spiro atoms. The molecule has 0 N–H and O–H groups in total. The lowest BCUT2D eigenvalue weighted by atomic mass is 10.1. The molecule has 0 aliphatic carbocycles. The van der Waals surface area contributed by atoms with E-state index < -0.39 is 0 Å². The fourth-order valence-corrected chi connectivity index (χ4v) is 3.42. The van der Waals surface area contributed by atoms with Crippen LogP contribution in [-0.2, 0) is 0 Å². The van der Waals surface area contributed by atoms with Crippen LogP contribution in [0.5, 0.6) is 11.5 Å². The zero-order chi connectivity index (χ0) is 18.9. The first-order valence-electron chi connectivity index (χ1n) is 8.96. The summed E-state index contributed by atoms with van der Waals surface area (Å²) >= 11 is 0. The summed E-state index contributed by atoms with van der Waals surface area (Å²) in [6.07, 6.45) is 1.60. The quantitative estimate of drug-likeness (QED) is 0.376. The Labute approximate surface area is 162 Å². The molecule has 4 heteroatoms. The van der Waals surface area contributed by atoms with Crippen LogP contribution in [0.25, 0.3) is 11.3 Å². The third-order valence-corrected chi connectivity index (χ3v) is 4.72. The fourth-order valence-electron chi connectivity index (χ4n) is 3.42. The van der Waals surface area contributed by atoms with Crippen LogP contribution in [0.15, 0.2) is 91.1 Å². The third kappa shape index (κ3) is 2.67. The number of hydrogen-bond donors (Lipinski definition) is 0. The van der Waals surface area contributed by atoms with Crippen molar-refractivity contribution in [2.45, 2.75) is 0 Å². The summed E-state index contributed by atoms with van der Waals surface area (Å²) in [7, 11) is 0. The first-order chi connectivity index (χ1) is 13.8. The number of ether oxygens (including phenoxy) is 1. The Kier molecular flexibility index (Phi) is 3.78. The summed E-state index contributed by atoms with van der Waals surface area (Å²) in [5.41, 5.74) is 5.37. The standard InChI is InChI=1S/C24H15N3O/c25-15-17-12-13-20(26-16-17)18-6-5-7-19(14-18)27-21-8-1-3-10-23(21)28-24-11-4-2-9-22(24)27/h1-14,16H. The summed E-state index contributed by atoms with van der Waals surface area (Å²) in [5, 5.41) is 8.99. The SMILES string of the molecule is N#Cc1ccc(-c2cccc(N3c4ccccc4Oc4ccccc43)c2)nc1. The second-order valence-electron chi connectivity index (χ2n) is 6.47. The van der Waals surface area contributed by atoms with Gasteiger partial charge in [0, 0.05) is 17.4 Å². The minimum Gasteiger partial charge on any atom is -0.453 e. The Morgan fingerprint density at radius 3 is 2.14 bits per heavy atom. The predicted octanol–water partition coefficient (Wildman–Crippen LogP) is 6.20. The van der Waals surface area contributed by atoms with E-state index in [2.05, 4.69) is 40.2 Å². The van der Waals surface area contributed by atoms with Crippen LogP contribution < -0.4 is 9.64 Å². The topological polar surface area (TPSA) is 49.2 Å². The molecule has 1 aliphatic rings. The van der Waals surface area contributed by atoms with E-state index >= 15 is 0 Å². The van der Waals surface area contributed by atoms with Gasteiger partial charge < -0.3 is 9.64 Å². The average Bonchev–Trinajstić information content (AvgIpc) is 2.77. The maximum atomic E-state index is 8.99. The van der Waals surface area contributed by atoms with Gasteiger partial charge in [0.1, 0.15) is 6.07 Å². The minimum absolute atomic E-state index is 0.552. The maximum Gasteiger partial charge on any atom is 0.151 e. The fraction of sp³-hybridized carbons (Fsp3) is 0. The van der Waals surface area contributed by atoms with Crippen molar-refractivity contribution in [3.63, 3.8) is 0 Å². The Bertz CT molecular complexity index is 1160. The summed E-state index contributed by atoms with van der Waals surface area (Å²) in [6, 6.07) is 30.0. The summed E-state index contributed by atoms with van der Waals surface area (Å²) in [6.45, 7) is 0. The molecule has 4 aromatic rings. The maximum absolute atomic E-state index is 8.99. The van der Waals surface area contributed by atoms with Crippen LogP contribution in [0.2, 0.25) is 0 Å². The molecule has 0 radical (unpaired) electrons. The van der Waals surface area contributed by atoms with Crippen molar-refractivity contribution >= 4 is 17.1 Å². The lowest BCUT2D eigenvalue weighted by Gasteiger charge is -2.32. The number of benzene rings is 3. The molecule has 0 bridgehead atoms. The highest BCUT2D eigenvalue weighted by Crippen LogP contribution is 2.50. The molecule has 5 rings (SSSR count). The molecule has 0 amide bonds. The number of nitriles is 1. The first kappa shape index (κ1) is 16.1. The van der Waals surface area contributed by atoms with Gasteiger partial charge in [0.05, 0.1) is 22.6 Å². The largest absolute Gasteiger partial charge is 0.453 e. The van der Waals surface area contributed by atoms with Crippen molar-refractivity contribution in [3.8, 4) is 28.8 Å². The van der Waals surface area contributed by atoms with Gasteiger partial charge in [0.15, 0.2) is 11.5 Å². The number of rotatable bonds is 2. The molecule has 0 fully saturated rings. The van der Waals surface area contributed by atoms with Gasteiger partial charge in [-0.1, -0.05) is 36.4 Å². The van der Waals surface area contributed by atoms with Gasteiger partial charge in [-0.15, -0.1) is 0 Å². The summed E-state index contributed by atoms with van der Waals surface area (Å²) in [4.78, 5) is 6.62. The number of nitrogens with zero attached hydrogens (tertiary/aromatic N) is 3. The third-order valence-electron chi connectivity index (χ3n) is 4.72. The molecule has 132 valence electrons. The van der Waals surface area contributed by atoms with Crippen LogP contribution in [0, 0.1) is 11.3 Å². The van der Waals surface area contributed by atoms with Gasteiger partial charge in [-0.3, -0.25) is 4.98 Å². The Balaban J connectivity index is 1.65. The van der Waals surface area contributed by atoms with E-state index in [1.165, 1.54) is 0 Å². The normalized spacial score (nSPS) is 11.8. The smallest absolute Gasteiger partial charge is 0.151 e. The van der Waals surface area contributed by atoms with Crippen LogP contribution in [-0.4, -0.2) is 4.98 Å². The van der Waals surface area contributed by atoms with Crippen molar-refractivity contribution in [1.29, 1.82) is 5.26 Å². The predicted molar refractivity (Wildman–Crippen MR) is 109 cm³/mol. The molecule has 1 aliphatic heterocycles. The van der Waals surface area contributed by atoms with Crippen molar-refractivity contribution in [2.75, 3.05) is 4.90 Å². The van der Waals surface area contributed by atoms with E-state index in [0.717, 1.165) is 39.8 Å². The highest BCUT2D eigenvalue weighted by molar-refractivity contribution is 5.87. The number of anilines is 3. The van der Waals surface area contributed by atoms with Crippen molar-refractivity contribution < 1.29 is 4.74 Å². The van der Waals surface area contributed by atoms with Gasteiger partial charge >= 0.3 is 0 Å². The number of aromatic nitrogens is 1. The van der Waals surface area contributed by atoms with Crippen molar-refractivity contribution in [1.82, 2.24) is 4.98 Å². The Hall–Kier alpha value is -4.10. The van der Waals surface area contributed by atoms with Gasteiger partial charge in [0.2, 0.25) is 0 Å². The van der Waals surface area contributed by atoms with Gasteiger partial charge in [-0.2, -0.15) is 5.26 Å². The zero-order valence-electron chi connectivity index (χ0n) is 14.9. The summed E-state index contributed by atoms with van der Waals surface area (Å²) < 4.78 is 6.08. The first-order valence-corrected chi connectivity index (χ1v) is 8.96. The molecule has 0 saturated carbocycles. The lowest BCUT2D eigenvalue weighted by molar-refractivity contribution is 0.477. The van der Waals surface area contributed by atoms with Crippen molar-refractivity contribution in [3.05, 3.63) is 96.7 Å². The number of pyridine rings is 1. The molecule has 0 unspecified atom stereocenters.